The number of carbonyl (C=O) groups is 3. The van der Waals surface area contributed by atoms with E-state index in [0.29, 0.717) is 4.88 Å². The monoisotopic (exact) mass is 345 g/mol. The molecule has 0 spiro atoms. The summed E-state index contributed by atoms with van der Waals surface area (Å²) in [5.41, 5.74) is 0. The Labute approximate surface area is 132 Å². The Bertz CT molecular complexity index is 703. The van der Waals surface area contributed by atoms with Crippen LogP contribution >= 0.6 is 11.3 Å². The van der Waals surface area contributed by atoms with Crippen molar-refractivity contribution in [2.45, 2.75) is 18.6 Å². The molecule has 1 aliphatic heterocycles. The second kappa shape index (κ2) is 6.70. The molecule has 1 aromatic heterocycles. The van der Waals surface area contributed by atoms with E-state index in [-0.39, 0.29) is 13.0 Å². The van der Waals surface area contributed by atoms with Crippen LogP contribution in [-0.2, 0) is 16.0 Å². The highest BCUT2D eigenvalue weighted by Gasteiger charge is 2.38. The highest BCUT2D eigenvalue weighted by atomic mass is 32.1. The largest absolute Gasteiger partial charge is 0.471 e. The van der Waals surface area contributed by atoms with E-state index in [1.54, 1.807) is 17.4 Å². The molecule has 6 nitrogen and oxygen atoms in total. The summed E-state index contributed by atoms with van der Waals surface area (Å²) in [5, 5.41) is 6.13. The first-order valence-corrected chi connectivity index (χ1v) is 7.14. The molecule has 4 amide bonds. The number of rotatable bonds is 3. The second-order valence-electron chi connectivity index (χ2n) is 4.43. The summed E-state index contributed by atoms with van der Waals surface area (Å²) in [6.07, 6.45) is -4.66. The third kappa shape index (κ3) is 4.72. The van der Waals surface area contributed by atoms with Gasteiger partial charge in [-0.25, -0.2) is 4.79 Å². The maximum absolute atomic E-state index is 12.0. The molecule has 2 heterocycles. The van der Waals surface area contributed by atoms with Crippen molar-refractivity contribution in [1.29, 1.82) is 0 Å². The Hall–Kier alpha value is -2.54. The van der Waals surface area contributed by atoms with Crippen LogP contribution in [0.4, 0.5) is 18.0 Å². The number of thiophene rings is 1. The van der Waals surface area contributed by atoms with Gasteiger partial charge in [0.05, 0.1) is 4.88 Å². The van der Waals surface area contributed by atoms with Gasteiger partial charge in [0.15, 0.2) is 6.04 Å². The number of carbonyl (C=O) groups excluding carboxylic acids is 3. The Balaban J connectivity index is 1.86. The maximum atomic E-state index is 12.0. The minimum absolute atomic E-state index is 0.146. The Kier molecular flexibility index (Phi) is 4.90. The van der Waals surface area contributed by atoms with Gasteiger partial charge in [0.2, 0.25) is 0 Å². The van der Waals surface area contributed by atoms with E-state index in [2.05, 4.69) is 17.2 Å². The van der Waals surface area contributed by atoms with Crippen LogP contribution in [0, 0.1) is 11.8 Å². The fourth-order valence-corrected chi connectivity index (χ4v) is 2.51. The van der Waals surface area contributed by atoms with Crippen molar-refractivity contribution in [2.24, 2.45) is 0 Å². The summed E-state index contributed by atoms with van der Waals surface area (Å²) in [5.74, 6) is 2.78. The van der Waals surface area contributed by atoms with E-state index < -0.39 is 30.1 Å². The van der Waals surface area contributed by atoms with Crippen LogP contribution in [-0.4, -0.2) is 36.6 Å². The van der Waals surface area contributed by atoms with Crippen molar-refractivity contribution < 1.29 is 27.6 Å². The molecule has 0 aromatic carbocycles. The number of hydrogen-bond donors (Lipinski definition) is 3. The van der Waals surface area contributed by atoms with Crippen molar-refractivity contribution in [3.05, 3.63) is 21.9 Å². The molecule has 0 bridgehead atoms. The molecule has 1 fully saturated rings. The summed E-state index contributed by atoms with van der Waals surface area (Å²) >= 11 is 1.23. The van der Waals surface area contributed by atoms with E-state index in [4.69, 9.17) is 0 Å². The Morgan fingerprint density at radius 3 is 2.70 bits per heavy atom. The van der Waals surface area contributed by atoms with Gasteiger partial charge in [-0.2, -0.15) is 13.2 Å². The molecule has 1 atom stereocenters. The molecular formula is C13H10F3N3O3S. The number of nitrogens with one attached hydrogen (secondary N) is 3. The lowest BCUT2D eigenvalue weighted by Gasteiger charge is -2.06. The van der Waals surface area contributed by atoms with Crippen LogP contribution < -0.4 is 16.0 Å². The molecule has 3 N–H and O–H groups in total. The normalized spacial score (nSPS) is 17.1. The number of hydrogen-bond acceptors (Lipinski definition) is 4. The quantitative estimate of drug-likeness (QED) is 0.552. The predicted octanol–water partition coefficient (Wildman–Crippen LogP) is 0.529. The number of alkyl halides is 3. The lowest BCUT2D eigenvalue weighted by atomic mass is 10.3. The molecule has 0 aliphatic carbocycles. The lowest BCUT2D eigenvalue weighted by molar-refractivity contribution is -0.173. The summed E-state index contributed by atoms with van der Waals surface area (Å²) in [6, 6.07) is 1.79. The number of halogens is 3. The third-order valence-electron chi connectivity index (χ3n) is 2.69. The van der Waals surface area contributed by atoms with Gasteiger partial charge >= 0.3 is 18.1 Å². The molecule has 10 heteroatoms. The van der Waals surface area contributed by atoms with Gasteiger partial charge in [-0.15, -0.1) is 11.3 Å². The first-order chi connectivity index (χ1) is 10.8. The smallest absolute Gasteiger partial charge is 0.348 e. The topological polar surface area (TPSA) is 87.3 Å². The zero-order valence-corrected chi connectivity index (χ0v) is 12.2. The fraction of sp³-hybridized carbons (Fsp3) is 0.308. The molecule has 122 valence electrons. The van der Waals surface area contributed by atoms with Crippen molar-refractivity contribution in [2.75, 3.05) is 6.54 Å². The minimum Gasteiger partial charge on any atom is -0.348 e. The van der Waals surface area contributed by atoms with Gasteiger partial charge in [0.25, 0.3) is 5.91 Å². The van der Waals surface area contributed by atoms with E-state index >= 15 is 0 Å². The molecule has 2 rings (SSSR count). The number of urea groups is 1. The number of amides is 4. The Morgan fingerprint density at radius 2 is 2.09 bits per heavy atom. The van der Waals surface area contributed by atoms with Crippen molar-refractivity contribution in [3.63, 3.8) is 0 Å². The highest BCUT2D eigenvalue weighted by molar-refractivity contribution is 7.12. The summed E-state index contributed by atoms with van der Waals surface area (Å²) < 4.78 is 36.0. The van der Waals surface area contributed by atoms with E-state index in [1.807, 2.05) is 5.32 Å². The number of imide groups is 1. The standard InChI is InChI=1S/C13H10F3N3O3S/c14-13(15,16)11(21)17-6-5-8-2-1-7(23-8)3-4-9-10(20)19-12(22)18-9/h1-2,9H,5-6H2,(H,17,21)(H2,18,19,20,22). The van der Waals surface area contributed by atoms with E-state index in [0.717, 1.165) is 4.88 Å². The summed E-state index contributed by atoms with van der Waals surface area (Å²) in [7, 11) is 0. The second-order valence-corrected chi connectivity index (χ2v) is 5.60. The Morgan fingerprint density at radius 1 is 1.35 bits per heavy atom. The van der Waals surface area contributed by atoms with Crippen LogP contribution in [0.25, 0.3) is 0 Å². The van der Waals surface area contributed by atoms with E-state index in [9.17, 15) is 27.6 Å². The van der Waals surface area contributed by atoms with Crippen LogP contribution in [0.3, 0.4) is 0 Å². The first-order valence-electron chi connectivity index (χ1n) is 6.32. The highest BCUT2D eigenvalue weighted by Crippen LogP contribution is 2.17. The molecule has 0 saturated carbocycles. The molecule has 1 saturated heterocycles. The lowest BCUT2D eigenvalue weighted by Crippen LogP contribution is -2.37. The van der Waals surface area contributed by atoms with Crippen LogP contribution in [0.2, 0.25) is 0 Å². The SMILES string of the molecule is O=C1NC(=O)C(C#Cc2ccc(CCNC(=O)C(F)(F)F)s2)N1. The van der Waals surface area contributed by atoms with Gasteiger partial charge in [-0.05, 0) is 18.6 Å². The zero-order chi connectivity index (χ0) is 17.0. The maximum Gasteiger partial charge on any atom is 0.471 e. The molecule has 1 aliphatic rings. The molecular weight excluding hydrogens is 335 g/mol. The van der Waals surface area contributed by atoms with Crippen molar-refractivity contribution in [1.82, 2.24) is 16.0 Å². The van der Waals surface area contributed by atoms with Gasteiger partial charge in [0, 0.05) is 11.4 Å². The first kappa shape index (κ1) is 16.8. The van der Waals surface area contributed by atoms with Crippen LogP contribution in [0.5, 0.6) is 0 Å². The average Bonchev–Trinajstić information content (AvgIpc) is 3.02. The van der Waals surface area contributed by atoms with Gasteiger partial charge in [-0.3, -0.25) is 14.9 Å². The summed E-state index contributed by atoms with van der Waals surface area (Å²) in [4.78, 5) is 34.1. The van der Waals surface area contributed by atoms with Crippen molar-refractivity contribution in [3.8, 4) is 11.8 Å². The molecule has 0 radical (unpaired) electrons. The van der Waals surface area contributed by atoms with E-state index in [1.165, 1.54) is 11.3 Å². The zero-order valence-electron chi connectivity index (χ0n) is 11.4. The van der Waals surface area contributed by atoms with Crippen molar-refractivity contribution >= 4 is 29.2 Å². The third-order valence-corrected chi connectivity index (χ3v) is 3.75. The fourth-order valence-electron chi connectivity index (χ4n) is 1.64. The van der Waals surface area contributed by atoms with Gasteiger partial charge < -0.3 is 10.6 Å². The van der Waals surface area contributed by atoms with Gasteiger partial charge in [0.1, 0.15) is 0 Å². The summed E-state index contributed by atoms with van der Waals surface area (Å²) in [6.45, 7) is -0.146. The average molecular weight is 345 g/mol. The molecule has 23 heavy (non-hydrogen) atoms. The molecule has 1 unspecified atom stereocenters. The van der Waals surface area contributed by atoms with Crippen LogP contribution in [0.15, 0.2) is 12.1 Å². The van der Waals surface area contributed by atoms with Gasteiger partial charge in [-0.1, -0.05) is 11.8 Å². The molecule has 1 aromatic rings. The van der Waals surface area contributed by atoms with Crippen LogP contribution in [0.1, 0.15) is 9.75 Å². The minimum atomic E-state index is -4.89. The predicted molar refractivity (Wildman–Crippen MR) is 74.4 cm³/mol.